The van der Waals surface area contributed by atoms with E-state index in [-0.39, 0.29) is 27.8 Å². The molecule has 0 aliphatic rings. The van der Waals surface area contributed by atoms with E-state index in [1.807, 2.05) is 0 Å². The molecule has 3 aromatic rings. The van der Waals surface area contributed by atoms with Gasteiger partial charge in [-0.25, -0.2) is 18.7 Å². The van der Waals surface area contributed by atoms with Crippen LogP contribution in [0, 0.1) is 5.82 Å². The molecule has 0 N–H and O–H groups in total. The second kappa shape index (κ2) is 8.35. The first-order chi connectivity index (χ1) is 13.5. The Balaban J connectivity index is 2.39. The van der Waals surface area contributed by atoms with Crippen LogP contribution in [0.5, 0.6) is 0 Å². The first-order valence-corrected chi connectivity index (χ1v) is 9.34. The molecule has 0 radical (unpaired) electrons. The van der Waals surface area contributed by atoms with Crippen molar-refractivity contribution >= 4 is 27.9 Å². The van der Waals surface area contributed by atoms with E-state index in [1.54, 1.807) is 42.5 Å². The van der Waals surface area contributed by atoms with Gasteiger partial charge in [0, 0.05) is 10.9 Å². The summed E-state index contributed by atoms with van der Waals surface area (Å²) in [6, 6.07) is 13.5. The van der Waals surface area contributed by atoms with Crippen molar-refractivity contribution in [3.8, 4) is 16.9 Å². The van der Waals surface area contributed by atoms with Gasteiger partial charge in [-0.1, -0.05) is 46.3 Å². The van der Waals surface area contributed by atoms with Crippen LogP contribution < -0.4 is 0 Å². The van der Waals surface area contributed by atoms with Crippen molar-refractivity contribution in [2.24, 2.45) is 0 Å². The van der Waals surface area contributed by atoms with E-state index in [0.29, 0.717) is 11.3 Å². The highest BCUT2D eigenvalue weighted by molar-refractivity contribution is 9.08. The number of hydrogen-bond acceptors (Lipinski definition) is 5. The zero-order chi connectivity index (χ0) is 20.3. The third kappa shape index (κ3) is 3.43. The molecule has 0 bridgehead atoms. The lowest BCUT2D eigenvalue weighted by molar-refractivity contribution is 0.0549. The average molecular weight is 447 g/mol. The van der Waals surface area contributed by atoms with Gasteiger partial charge in [0.15, 0.2) is 5.69 Å². The molecule has 2 aromatic carbocycles. The molecule has 1 aromatic heterocycles. The summed E-state index contributed by atoms with van der Waals surface area (Å²) in [7, 11) is 2.37. The quantitative estimate of drug-likeness (QED) is 0.434. The summed E-state index contributed by atoms with van der Waals surface area (Å²) >= 11 is 3.24. The Morgan fingerprint density at radius 2 is 1.71 bits per heavy atom. The zero-order valence-corrected chi connectivity index (χ0v) is 16.7. The van der Waals surface area contributed by atoms with Crippen molar-refractivity contribution < 1.29 is 23.5 Å². The van der Waals surface area contributed by atoms with Crippen LogP contribution in [0.4, 0.5) is 4.39 Å². The maximum atomic E-state index is 15.0. The van der Waals surface area contributed by atoms with Crippen LogP contribution in [0.25, 0.3) is 16.9 Å². The van der Waals surface area contributed by atoms with Crippen molar-refractivity contribution in [3.63, 3.8) is 0 Å². The monoisotopic (exact) mass is 446 g/mol. The van der Waals surface area contributed by atoms with E-state index >= 15 is 0 Å². The second-order valence-electron chi connectivity index (χ2n) is 5.72. The van der Waals surface area contributed by atoms with Gasteiger partial charge in [0.25, 0.3) is 0 Å². The lowest BCUT2D eigenvalue weighted by Gasteiger charge is -2.07. The van der Waals surface area contributed by atoms with Gasteiger partial charge < -0.3 is 9.47 Å². The number of nitrogens with zero attached hydrogens (tertiary/aromatic N) is 2. The number of halogens is 2. The standard InChI is InChI=1S/C20H16BrFN2O4/c1-27-19(25)15-17(14-10-6-7-12(11-21)16(14)22)23-24(18(15)20(26)28-2)13-8-4-3-5-9-13/h3-10H,11H2,1-2H3. The van der Waals surface area contributed by atoms with Gasteiger partial charge in [0.1, 0.15) is 17.1 Å². The molecular formula is C20H16BrFN2O4. The summed E-state index contributed by atoms with van der Waals surface area (Å²) in [6.45, 7) is 0. The predicted molar refractivity (Wildman–Crippen MR) is 104 cm³/mol. The number of carbonyl (C=O) groups is 2. The van der Waals surface area contributed by atoms with E-state index < -0.39 is 17.8 Å². The van der Waals surface area contributed by atoms with Crippen LogP contribution in [-0.2, 0) is 14.8 Å². The lowest BCUT2D eigenvalue weighted by Crippen LogP contribution is -2.15. The summed E-state index contributed by atoms with van der Waals surface area (Å²) in [6.07, 6.45) is 0. The van der Waals surface area contributed by atoms with Crippen molar-refractivity contribution in [3.05, 3.63) is 71.2 Å². The molecule has 144 valence electrons. The predicted octanol–water partition coefficient (Wildman–Crippen LogP) is 4.15. The second-order valence-corrected chi connectivity index (χ2v) is 6.28. The van der Waals surface area contributed by atoms with Crippen LogP contribution in [-0.4, -0.2) is 35.9 Å². The number of carbonyl (C=O) groups excluding carboxylic acids is 2. The molecule has 28 heavy (non-hydrogen) atoms. The number of para-hydroxylation sites is 1. The molecule has 0 atom stereocenters. The highest BCUT2D eigenvalue weighted by Crippen LogP contribution is 2.32. The molecule has 0 unspecified atom stereocenters. The first-order valence-electron chi connectivity index (χ1n) is 8.22. The number of alkyl halides is 1. The molecule has 0 aliphatic heterocycles. The molecule has 0 saturated carbocycles. The number of ether oxygens (including phenoxy) is 2. The summed E-state index contributed by atoms with van der Waals surface area (Å²) in [5.41, 5.74) is 0.676. The van der Waals surface area contributed by atoms with Gasteiger partial charge >= 0.3 is 11.9 Å². The van der Waals surface area contributed by atoms with Gasteiger partial charge in [-0.15, -0.1) is 0 Å². The summed E-state index contributed by atoms with van der Waals surface area (Å²) in [5, 5.41) is 4.67. The largest absolute Gasteiger partial charge is 0.465 e. The topological polar surface area (TPSA) is 70.4 Å². The van der Waals surface area contributed by atoms with E-state index in [0.717, 1.165) is 0 Å². The van der Waals surface area contributed by atoms with Gasteiger partial charge in [-0.05, 0) is 23.8 Å². The SMILES string of the molecule is COC(=O)c1c(-c2cccc(CBr)c2F)nn(-c2ccccc2)c1C(=O)OC. The first kappa shape index (κ1) is 19.8. The molecule has 1 heterocycles. The lowest BCUT2D eigenvalue weighted by atomic mass is 10.0. The number of rotatable bonds is 5. The normalized spacial score (nSPS) is 10.6. The van der Waals surface area contributed by atoms with Crippen molar-refractivity contribution in [2.75, 3.05) is 14.2 Å². The molecule has 8 heteroatoms. The van der Waals surface area contributed by atoms with Crippen LogP contribution in [0.1, 0.15) is 26.4 Å². The number of aromatic nitrogens is 2. The fourth-order valence-electron chi connectivity index (χ4n) is 2.81. The fourth-order valence-corrected chi connectivity index (χ4v) is 3.24. The van der Waals surface area contributed by atoms with Crippen LogP contribution in [0.2, 0.25) is 0 Å². The molecule has 0 amide bonds. The Morgan fingerprint density at radius 1 is 1.04 bits per heavy atom. The maximum Gasteiger partial charge on any atom is 0.357 e. The van der Waals surface area contributed by atoms with Crippen molar-refractivity contribution in [2.45, 2.75) is 5.33 Å². The summed E-state index contributed by atoms with van der Waals surface area (Å²) in [5.74, 6) is -2.15. The Hall–Kier alpha value is -3.00. The molecule has 0 fully saturated rings. The van der Waals surface area contributed by atoms with Gasteiger partial charge in [-0.3, -0.25) is 0 Å². The Labute approximate surface area is 169 Å². The highest BCUT2D eigenvalue weighted by Gasteiger charge is 2.32. The minimum Gasteiger partial charge on any atom is -0.465 e. The average Bonchev–Trinajstić information content (AvgIpc) is 3.13. The third-order valence-electron chi connectivity index (χ3n) is 4.13. The molecule has 0 saturated heterocycles. The number of hydrogen-bond donors (Lipinski definition) is 0. The molecule has 0 aliphatic carbocycles. The van der Waals surface area contributed by atoms with Gasteiger partial charge in [-0.2, -0.15) is 5.10 Å². The molecule has 0 spiro atoms. The minimum absolute atomic E-state index is 0.00333. The van der Waals surface area contributed by atoms with E-state index in [4.69, 9.17) is 9.47 Å². The summed E-state index contributed by atoms with van der Waals surface area (Å²) < 4.78 is 25.9. The number of benzene rings is 2. The van der Waals surface area contributed by atoms with Gasteiger partial charge in [0.05, 0.1) is 19.9 Å². The Bertz CT molecular complexity index is 1030. The molecular weight excluding hydrogens is 431 g/mol. The van der Waals surface area contributed by atoms with E-state index in [9.17, 15) is 14.0 Å². The third-order valence-corrected chi connectivity index (χ3v) is 4.74. The summed E-state index contributed by atoms with van der Waals surface area (Å²) in [4.78, 5) is 25.1. The Morgan fingerprint density at radius 3 is 2.32 bits per heavy atom. The van der Waals surface area contributed by atoms with Crippen molar-refractivity contribution in [1.82, 2.24) is 9.78 Å². The smallest absolute Gasteiger partial charge is 0.357 e. The minimum atomic E-state index is -0.818. The van der Waals surface area contributed by atoms with Crippen LogP contribution in [0.15, 0.2) is 48.5 Å². The van der Waals surface area contributed by atoms with Crippen molar-refractivity contribution in [1.29, 1.82) is 0 Å². The number of esters is 2. The van der Waals surface area contributed by atoms with Crippen LogP contribution >= 0.6 is 15.9 Å². The number of methoxy groups -OCH3 is 2. The maximum absolute atomic E-state index is 15.0. The molecule has 6 nitrogen and oxygen atoms in total. The zero-order valence-electron chi connectivity index (χ0n) is 15.1. The van der Waals surface area contributed by atoms with Gasteiger partial charge in [0.2, 0.25) is 0 Å². The van der Waals surface area contributed by atoms with Crippen LogP contribution in [0.3, 0.4) is 0 Å². The van der Waals surface area contributed by atoms with E-state index in [1.165, 1.54) is 25.0 Å². The molecule has 3 rings (SSSR count). The highest BCUT2D eigenvalue weighted by atomic mass is 79.9. The fraction of sp³-hybridized carbons (Fsp3) is 0.150. The Kier molecular flexibility index (Phi) is 5.89. The van der Waals surface area contributed by atoms with E-state index in [2.05, 4.69) is 21.0 Å².